The van der Waals surface area contributed by atoms with Crippen LogP contribution in [-0.4, -0.2) is 75.6 Å². The van der Waals surface area contributed by atoms with E-state index < -0.39 is 47.2 Å². The number of methoxy groups -OCH3 is 1. The van der Waals surface area contributed by atoms with E-state index in [4.69, 9.17) is 69.1 Å². The van der Waals surface area contributed by atoms with Crippen molar-refractivity contribution in [1.29, 1.82) is 0 Å². The first-order valence-electron chi connectivity index (χ1n) is 12.2. The van der Waals surface area contributed by atoms with Crippen LogP contribution in [0.3, 0.4) is 0 Å². The smallest absolute Gasteiger partial charge is 0.356 e. The minimum absolute atomic E-state index is 0.0133. The largest absolute Gasteiger partial charge is 0.465 e. The first-order valence-corrected chi connectivity index (χ1v) is 13.3. The molecule has 3 heterocycles. The van der Waals surface area contributed by atoms with E-state index in [1.54, 1.807) is 0 Å². The molecule has 0 aliphatic carbocycles. The summed E-state index contributed by atoms with van der Waals surface area (Å²) in [4.78, 5) is 58.7. The molecule has 3 aliphatic rings. The minimum atomic E-state index is -2.51. The number of rotatable bonds is 11. The van der Waals surface area contributed by atoms with Gasteiger partial charge in [-0.3, -0.25) is 0 Å². The minimum Gasteiger partial charge on any atom is -0.465 e. The first-order chi connectivity index (χ1) is 19.5. The molecule has 0 saturated heterocycles. The van der Waals surface area contributed by atoms with Gasteiger partial charge in [-0.25, -0.2) is 19.2 Å². The zero-order chi connectivity index (χ0) is 30.3. The third-order valence-electron chi connectivity index (χ3n) is 5.83. The molecule has 3 aliphatic heterocycles. The van der Waals surface area contributed by atoms with Gasteiger partial charge in [-0.15, -0.1) is 0 Å². The van der Waals surface area contributed by atoms with Gasteiger partial charge in [-0.2, -0.15) is 5.06 Å². The van der Waals surface area contributed by atoms with E-state index >= 15 is 0 Å². The Bertz CT molecular complexity index is 1330. The fourth-order valence-electron chi connectivity index (χ4n) is 4.27. The van der Waals surface area contributed by atoms with Crippen LogP contribution in [0.5, 0.6) is 0 Å². The lowest BCUT2D eigenvalue weighted by molar-refractivity contribution is -0.177. The second-order valence-electron chi connectivity index (χ2n) is 8.31. The highest BCUT2D eigenvalue weighted by atomic mass is 35.5. The molecule has 1 atom stereocenters. The fraction of sp³-hybridized carbons (Fsp3) is 0.385. The number of esters is 3. The predicted molar refractivity (Wildman–Crippen MR) is 145 cm³/mol. The topological polar surface area (TPSA) is 153 Å². The van der Waals surface area contributed by atoms with Crippen LogP contribution in [-0.2, 0) is 53.3 Å². The molecule has 41 heavy (non-hydrogen) atoms. The Labute approximate surface area is 250 Å². The normalized spacial score (nSPS) is 19.6. The number of carbonyl (C=O) groups is 4. The summed E-state index contributed by atoms with van der Waals surface area (Å²) in [6.07, 6.45) is 1.54. The van der Waals surface area contributed by atoms with Crippen LogP contribution >= 0.6 is 34.8 Å². The average molecular weight is 634 g/mol. The van der Waals surface area contributed by atoms with Gasteiger partial charge in [-0.05, 0) is 26.0 Å². The number of nitrogens with two attached hydrogens (primary N) is 1. The molecule has 0 saturated carbocycles. The van der Waals surface area contributed by atoms with Crippen LogP contribution in [0.15, 0.2) is 46.8 Å². The number of ether oxygens (including phenoxy) is 5. The number of fused-ring (bicyclic) bond motifs is 4. The van der Waals surface area contributed by atoms with Gasteiger partial charge in [0, 0.05) is 24.3 Å². The molecule has 0 spiro atoms. The predicted octanol–water partition coefficient (Wildman–Crippen LogP) is 2.99. The van der Waals surface area contributed by atoms with Gasteiger partial charge < -0.3 is 34.3 Å². The molecule has 1 aromatic rings. The number of nitrogens with zero attached hydrogens (tertiary/aromatic N) is 1. The molecule has 0 radical (unpaired) electrons. The van der Waals surface area contributed by atoms with Crippen molar-refractivity contribution in [3.63, 3.8) is 0 Å². The van der Waals surface area contributed by atoms with Gasteiger partial charge in [0.25, 0.3) is 0 Å². The van der Waals surface area contributed by atoms with Gasteiger partial charge in [0.2, 0.25) is 5.60 Å². The van der Waals surface area contributed by atoms with Crippen LogP contribution in [0, 0.1) is 0 Å². The number of allylic oxidation sites excluding steroid dienone is 1. The maximum absolute atomic E-state index is 13.8. The van der Waals surface area contributed by atoms with Crippen molar-refractivity contribution in [2.24, 2.45) is 5.73 Å². The van der Waals surface area contributed by atoms with Crippen LogP contribution < -0.4 is 5.73 Å². The Morgan fingerprint density at radius 3 is 2.29 bits per heavy atom. The Morgan fingerprint density at radius 2 is 1.63 bits per heavy atom. The quantitative estimate of drug-likeness (QED) is 0.165. The lowest BCUT2D eigenvalue weighted by atomic mass is 9.75. The molecule has 0 aromatic heterocycles. The molecule has 4 rings (SSSR count). The number of hydroxylamine groups is 2. The maximum atomic E-state index is 13.8. The first kappa shape index (κ1) is 32.4. The second-order valence-corrected chi connectivity index (χ2v) is 9.50. The van der Waals surface area contributed by atoms with Gasteiger partial charge in [0.05, 0.1) is 66.6 Å². The van der Waals surface area contributed by atoms with Crippen LogP contribution in [0.4, 0.5) is 0 Å². The molecule has 1 aromatic carbocycles. The van der Waals surface area contributed by atoms with E-state index in [0.717, 1.165) is 24.3 Å². The summed E-state index contributed by atoms with van der Waals surface area (Å²) in [7, 11) is 1.06. The monoisotopic (exact) mass is 632 g/mol. The van der Waals surface area contributed by atoms with Gasteiger partial charge in [0.1, 0.15) is 11.1 Å². The lowest BCUT2D eigenvalue weighted by Crippen LogP contribution is -2.51. The summed E-state index contributed by atoms with van der Waals surface area (Å²) < 4.78 is 27.4. The fourth-order valence-corrected chi connectivity index (χ4v) is 5.06. The third kappa shape index (κ3) is 6.53. The van der Waals surface area contributed by atoms with Crippen LogP contribution in [0.1, 0.15) is 19.4 Å². The molecule has 0 fully saturated rings. The maximum Gasteiger partial charge on any atom is 0.356 e. The summed E-state index contributed by atoms with van der Waals surface area (Å²) in [6, 6.07) is 2.71. The SMILES string of the molecule is CCOC(=O)C1=C(COCCOCCN)N2OC(=O)/C=C/C(=O)OC1(c1c(Cl)ccc(Cl)c1Cl)C(C(=O)OC)=C2C. The van der Waals surface area contributed by atoms with Gasteiger partial charge >= 0.3 is 23.9 Å². The van der Waals surface area contributed by atoms with Crippen molar-refractivity contribution in [3.05, 3.63) is 67.5 Å². The molecule has 0 amide bonds. The standard InChI is InChI=1S/C26H27Cl3N2O10/c1-4-39-25(35)22-17(13-38-12-11-37-10-9-30)31-14(2)20(24(34)36-3)26(22,40-18(32)7-8-19(33)41-31)21-15(27)5-6-16(28)23(21)29/h5-8H,4,9-13,30H2,1-3H3/b8-7+. The highest BCUT2D eigenvalue weighted by Crippen LogP contribution is 2.54. The number of hydrogen-bond donors (Lipinski definition) is 1. The van der Waals surface area contributed by atoms with Crippen molar-refractivity contribution >= 4 is 58.7 Å². The molecular weight excluding hydrogens is 607 g/mol. The lowest BCUT2D eigenvalue weighted by Gasteiger charge is -2.44. The summed E-state index contributed by atoms with van der Waals surface area (Å²) in [5, 5.41) is 0.475. The van der Waals surface area contributed by atoms with Crippen molar-refractivity contribution in [3.8, 4) is 0 Å². The van der Waals surface area contributed by atoms with E-state index in [2.05, 4.69) is 0 Å². The summed E-state index contributed by atoms with van der Waals surface area (Å²) in [6.45, 7) is 3.06. The molecule has 222 valence electrons. The van der Waals surface area contributed by atoms with E-state index in [-0.39, 0.29) is 58.5 Å². The number of hydrogen-bond acceptors (Lipinski definition) is 12. The number of benzene rings is 1. The Balaban J connectivity index is 2.48. The van der Waals surface area contributed by atoms with Crippen molar-refractivity contribution < 1.29 is 47.7 Å². The Kier molecular flexibility index (Phi) is 11.2. The molecular formula is C26H27Cl3N2O10. The molecule has 12 nitrogen and oxygen atoms in total. The van der Waals surface area contributed by atoms with Crippen molar-refractivity contribution in [1.82, 2.24) is 5.06 Å². The summed E-state index contributed by atoms with van der Waals surface area (Å²) in [5.74, 6) is -4.36. The van der Waals surface area contributed by atoms with Crippen LogP contribution in [0.2, 0.25) is 15.1 Å². The third-order valence-corrected chi connectivity index (χ3v) is 6.95. The van der Waals surface area contributed by atoms with Gasteiger partial charge in [-0.1, -0.05) is 34.8 Å². The van der Waals surface area contributed by atoms with Crippen LogP contribution in [0.25, 0.3) is 0 Å². The van der Waals surface area contributed by atoms with E-state index in [0.29, 0.717) is 6.54 Å². The molecule has 1 unspecified atom stereocenters. The van der Waals surface area contributed by atoms with E-state index in [1.807, 2.05) is 0 Å². The van der Waals surface area contributed by atoms with E-state index in [1.165, 1.54) is 26.0 Å². The zero-order valence-corrected chi connectivity index (χ0v) is 24.6. The number of halogens is 3. The zero-order valence-electron chi connectivity index (χ0n) is 22.3. The Morgan fingerprint density at radius 1 is 0.976 bits per heavy atom. The van der Waals surface area contributed by atoms with E-state index in [9.17, 15) is 19.2 Å². The second kappa shape index (κ2) is 14.2. The highest BCUT2D eigenvalue weighted by molar-refractivity contribution is 6.44. The number of carbonyl (C=O) groups excluding carboxylic acids is 4. The summed E-state index contributed by atoms with van der Waals surface area (Å²) >= 11 is 19.6. The van der Waals surface area contributed by atoms with Gasteiger partial charge in [0.15, 0.2) is 0 Å². The van der Waals surface area contributed by atoms with Crippen molar-refractivity contribution in [2.75, 3.05) is 46.7 Å². The average Bonchev–Trinajstić information content (AvgIpc) is 2.93. The summed E-state index contributed by atoms with van der Waals surface area (Å²) in [5.41, 5.74) is 1.41. The molecule has 2 bridgehead atoms. The molecule has 2 N–H and O–H groups in total. The highest BCUT2D eigenvalue weighted by Gasteiger charge is 2.59. The Hall–Kier alpha value is -3.13. The van der Waals surface area contributed by atoms with Crippen molar-refractivity contribution in [2.45, 2.75) is 19.4 Å². The molecule has 15 heteroatoms.